The fourth-order valence-electron chi connectivity index (χ4n) is 2.44. The van der Waals surface area contributed by atoms with E-state index in [0.29, 0.717) is 0 Å². The van der Waals surface area contributed by atoms with E-state index in [1.54, 1.807) is 0 Å². The van der Waals surface area contributed by atoms with Gasteiger partial charge in [0, 0.05) is 31.9 Å². The number of ether oxygens (including phenoxy) is 1. The first-order valence-electron chi connectivity index (χ1n) is 7.55. The van der Waals surface area contributed by atoms with E-state index < -0.39 is 0 Å². The van der Waals surface area contributed by atoms with Gasteiger partial charge < -0.3 is 15.4 Å². The summed E-state index contributed by atoms with van der Waals surface area (Å²) in [6.07, 6.45) is 4.82. The van der Waals surface area contributed by atoms with Crippen molar-refractivity contribution in [2.75, 3.05) is 31.6 Å². The summed E-state index contributed by atoms with van der Waals surface area (Å²) in [5.74, 6) is 0. The van der Waals surface area contributed by atoms with Crippen LogP contribution in [-0.4, -0.2) is 26.3 Å². The zero-order valence-corrected chi connectivity index (χ0v) is 12.0. The van der Waals surface area contributed by atoms with Crippen LogP contribution in [0.25, 0.3) is 0 Å². The second-order valence-corrected chi connectivity index (χ2v) is 5.12. The van der Waals surface area contributed by atoms with Gasteiger partial charge in [0.15, 0.2) is 0 Å². The van der Waals surface area contributed by atoms with E-state index in [2.05, 4.69) is 35.8 Å². The Hall–Kier alpha value is -1.06. The molecule has 0 radical (unpaired) electrons. The van der Waals surface area contributed by atoms with Gasteiger partial charge in [-0.05, 0) is 30.4 Å². The maximum atomic E-state index is 5.55. The molecule has 1 aromatic carbocycles. The van der Waals surface area contributed by atoms with Crippen LogP contribution in [0.1, 0.15) is 37.3 Å². The van der Waals surface area contributed by atoms with Gasteiger partial charge in [-0.25, -0.2) is 0 Å². The molecule has 0 saturated heterocycles. The second-order valence-electron chi connectivity index (χ2n) is 5.12. The van der Waals surface area contributed by atoms with Gasteiger partial charge in [0.05, 0.1) is 6.61 Å². The number of benzene rings is 1. The van der Waals surface area contributed by atoms with Crippen LogP contribution in [0.2, 0.25) is 0 Å². The third-order valence-electron chi connectivity index (χ3n) is 3.54. The number of aryl methyl sites for hydroxylation is 1. The molecule has 0 fully saturated rings. The zero-order valence-electron chi connectivity index (χ0n) is 12.0. The minimum atomic E-state index is 0.808. The monoisotopic (exact) mass is 262 g/mol. The third kappa shape index (κ3) is 4.51. The Morgan fingerprint density at radius 2 is 2.26 bits per heavy atom. The SMILES string of the molecule is CCCCOCCNCc1cccc2c1NCCC2. The maximum Gasteiger partial charge on any atom is 0.0591 e. The smallest absolute Gasteiger partial charge is 0.0591 e. The summed E-state index contributed by atoms with van der Waals surface area (Å²) < 4.78 is 5.55. The highest BCUT2D eigenvalue weighted by atomic mass is 16.5. The zero-order chi connectivity index (χ0) is 13.3. The molecule has 0 saturated carbocycles. The Morgan fingerprint density at radius 3 is 3.16 bits per heavy atom. The lowest BCUT2D eigenvalue weighted by atomic mass is 9.99. The number of unbranched alkanes of at least 4 members (excludes halogenated alkanes) is 1. The summed E-state index contributed by atoms with van der Waals surface area (Å²) >= 11 is 0. The first kappa shape index (κ1) is 14.4. The fraction of sp³-hybridized carbons (Fsp3) is 0.625. The van der Waals surface area contributed by atoms with Crippen molar-refractivity contribution in [3.63, 3.8) is 0 Å². The second kappa shape index (κ2) is 8.18. The van der Waals surface area contributed by atoms with Gasteiger partial charge in [-0.3, -0.25) is 0 Å². The number of nitrogens with one attached hydrogen (secondary N) is 2. The summed E-state index contributed by atoms with van der Waals surface area (Å²) in [5.41, 5.74) is 4.20. The van der Waals surface area contributed by atoms with Crippen LogP contribution in [0, 0.1) is 0 Å². The molecule has 106 valence electrons. The first-order chi connectivity index (χ1) is 9.42. The van der Waals surface area contributed by atoms with E-state index in [4.69, 9.17) is 4.74 Å². The number of para-hydroxylation sites is 1. The third-order valence-corrected chi connectivity index (χ3v) is 3.54. The highest BCUT2D eigenvalue weighted by Crippen LogP contribution is 2.25. The van der Waals surface area contributed by atoms with E-state index in [1.165, 1.54) is 36.1 Å². The molecule has 1 aliphatic heterocycles. The van der Waals surface area contributed by atoms with E-state index in [1.807, 2.05) is 0 Å². The first-order valence-corrected chi connectivity index (χ1v) is 7.55. The van der Waals surface area contributed by atoms with Crippen LogP contribution in [0.5, 0.6) is 0 Å². The van der Waals surface area contributed by atoms with Crippen LogP contribution in [-0.2, 0) is 17.7 Å². The van der Waals surface area contributed by atoms with E-state index in [9.17, 15) is 0 Å². The molecule has 1 aliphatic rings. The predicted molar refractivity (Wildman–Crippen MR) is 80.7 cm³/mol. The normalized spacial score (nSPS) is 13.9. The van der Waals surface area contributed by atoms with Gasteiger partial charge in [0.1, 0.15) is 0 Å². The maximum absolute atomic E-state index is 5.55. The van der Waals surface area contributed by atoms with Crippen LogP contribution in [0.15, 0.2) is 18.2 Å². The lowest BCUT2D eigenvalue weighted by Crippen LogP contribution is -2.21. The van der Waals surface area contributed by atoms with Crippen molar-refractivity contribution in [3.8, 4) is 0 Å². The van der Waals surface area contributed by atoms with Crippen molar-refractivity contribution in [2.45, 2.75) is 39.2 Å². The molecule has 3 nitrogen and oxygen atoms in total. The van der Waals surface area contributed by atoms with Gasteiger partial charge >= 0.3 is 0 Å². The summed E-state index contributed by atoms with van der Waals surface area (Å²) in [6.45, 7) is 6.83. The number of fused-ring (bicyclic) bond motifs is 1. The average Bonchev–Trinajstić information content (AvgIpc) is 2.46. The molecular formula is C16H26N2O. The lowest BCUT2D eigenvalue weighted by molar-refractivity contribution is 0.133. The lowest BCUT2D eigenvalue weighted by Gasteiger charge is -2.21. The summed E-state index contributed by atoms with van der Waals surface area (Å²) in [4.78, 5) is 0. The van der Waals surface area contributed by atoms with E-state index >= 15 is 0 Å². The van der Waals surface area contributed by atoms with E-state index in [0.717, 1.165) is 39.3 Å². The molecule has 2 N–H and O–H groups in total. The predicted octanol–water partition coefficient (Wildman–Crippen LogP) is 2.95. The number of hydrogen-bond acceptors (Lipinski definition) is 3. The van der Waals surface area contributed by atoms with Gasteiger partial charge in [-0.1, -0.05) is 31.5 Å². The topological polar surface area (TPSA) is 33.3 Å². The highest BCUT2D eigenvalue weighted by molar-refractivity contribution is 5.59. The Labute approximate surface area is 116 Å². The number of anilines is 1. The summed E-state index contributed by atoms with van der Waals surface area (Å²) in [7, 11) is 0. The van der Waals surface area contributed by atoms with Crippen molar-refractivity contribution in [2.24, 2.45) is 0 Å². The molecule has 3 heteroatoms. The number of hydrogen-bond donors (Lipinski definition) is 2. The largest absolute Gasteiger partial charge is 0.385 e. The van der Waals surface area contributed by atoms with Crippen molar-refractivity contribution in [1.82, 2.24) is 5.32 Å². The van der Waals surface area contributed by atoms with Crippen molar-refractivity contribution >= 4 is 5.69 Å². The quantitative estimate of drug-likeness (QED) is 0.707. The molecular weight excluding hydrogens is 236 g/mol. The molecule has 0 aliphatic carbocycles. The van der Waals surface area contributed by atoms with Crippen LogP contribution < -0.4 is 10.6 Å². The minimum absolute atomic E-state index is 0.808. The Kier molecular flexibility index (Phi) is 6.18. The Morgan fingerprint density at radius 1 is 1.32 bits per heavy atom. The molecule has 1 aromatic rings. The van der Waals surface area contributed by atoms with Crippen molar-refractivity contribution < 1.29 is 4.74 Å². The molecule has 0 unspecified atom stereocenters. The minimum Gasteiger partial charge on any atom is -0.385 e. The van der Waals surface area contributed by atoms with Crippen LogP contribution in [0.4, 0.5) is 5.69 Å². The molecule has 0 aromatic heterocycles. The molecule has 1 heterocycles. The molecule has 2 rings (SSSR count). The number of rotatable bonds is 8. The molecule has 0 amide bonds. The van der Waals surface area contributed by atoms with Gasteiger partial charge in [0.25, 0.3) is 0 Å². The van der Waals surface area contributed by atoms with Gasteiger partial charge in [-0.15, -0.1) is 0 Å². The highest BCUT2D eigenvalue weighted by Gasteiger charge is 2.11. The molecule has 19 heavy (non-hydrogen) atoms. The summed E-state index contributed by atoms with van der Waals surface area (Å²) in [6, 6.07) is 6.61. The molecule has 0 bridgehead atoms. The van der Waals surface area contributed by atoms with E-state index in [-0.39, 0.29) is 0 Å². The summed E-state index contributed by atoms with van der Waals surface area (Å²) in [5, 5.41) is 6.99. The van der Waals surface area contributed by atoms with Gasteiger partial charge in [-0.2, -0.15) is 0 Å². The molecule has 0 spiro atoms. The Bertz CT molecular complexity index is 379. The van der Waals surface area contributed by atoms with Crippen molar-refractivity contribution in [3.05, 3.63) is 29.3 Å². The average molecular weight is 262 g/mol. The Balaban J connectivity index is 1.71. The van der Waals surface area contributed by atoms with Crippen LogP contribution >= 0.6 is 0 Å². The van der Waals surface area contributed by atoms with Crippen LogP contribution in [0.3, 0.4) is 0 Å². The van der Waals surface area contributed by atoms with Crippen molar-refractivity contribution in [1.29, 1.82) is 0 Å². The standard InChI is InChI=1S/C16H26N2O/c1-2-3-11-19-12-10-17-13-15-7-4-6-14-8-5-9-18-16(14)15/h4,6-7,17-18H,2-3,5,8-13H2,1H3. The molecule has 0 atom stereocenters. The van der Waals surface area contributed by atoms with Gasteiger partial charge in [0.2, 0.25) is 0 Å². The fourth-order valence-corrected chi connectivity index (χ4v) is 2.44.